The first-order chi connectivity index (χ1) is 16.6. The van der Waals surface area contributed by atoms with Crippen LogP contribution in [0.5, 0.6) is 0 Å². The fraction of sp³-hybridized carbons (Fsp3) is 0.375. The van der Waals surface area contributed by atoms with Crippen molar-refractivity contribution in [2.45, 2.75) is 26.4 Å². The van der Waals surface area contributed by atoms with Crippen molar-refractivity contribution in [3.05, 3.63) is 59.5 Å². The highest BCUT2D eigenvalue weighted by atomic mass is 32.3. The van der Waals surface area contributed by atoms with Crippen molar-refractivity contribution in [2.24, 2.45) is 0 Å². The number of hydrogen-bond acceptors (Lipinski definition) is 6. The third-order valence-corrected chi connectivity index (χ3v) is 7.74. The van der Waals surface area contributed by atoms with Crippen LogP contribution in [0, 0.1) is 5.82 Å². The number of anilines is 1. The number of carbonyl (C=O) groups is 2. The van der Waals surface area contributed by atoms with Crippen LogP contribution in [0.25, 0.3) is 10.9 Å². The minimum Gasteiger partial charge on any atom is -0.465 e. The van der Waals surface area contributed by atoms with E-state index in [4.69, 9.17) is 0 Å². The second-order valence-electron chi connectivity index (χ2n) is 8.79. The van der Waals surface area contributed by atoms with Crippen molar-refractivity contribution in [1.29, 1.82) is 0 Å². The summed E-state index contributed by atoms with van der Waals surface area (Å²) in [5.74, 6) is -1.07. The largest absolute Gasteiger partial charge is 0.465 e. The Morgan fingerprint density at radius 1 is 1.17 bits per heavy atom. The van der Waals surface area contributed by atoms with Crippen LogP contribution in [0.4, 0.5) is 14.9 Å². The van der Waals surface area contributed by atoms with Gasteiger partial charge >= 0.3 is 12.0 Å². The van der Waals surface area contributed by atoms with Gasteiger partial charge in [0.2, 0.25) is 0 Å². The number of urea groups is 1. The van der Waals surface area contributed by atoms with Crippen molar-refractivity contribution in [3.63, 3.8) is 0 Å². The second-order valence-corrected chi connectivity index (χ2v) is 11.2. The Balaban J connectivity index is 1.71. The fourth-order valence-corrected chi connectivity index (χ4v) is 5.28. The van der Waals surface area contributed by atoms with Crippen molar-refractivity contribution in [1.82, 2.24) is 14.7 Å². The third kappa shape index (κ3) is 5.26. The zero-order valence-electron chi connectivity index (χ0n) is 19.8. The van der Waals surface area contributed by atoms with Gasteiger partial charge in [0.05, 0.1) is 42.4 Å². The van der Waals surface area contributed by atoms with Gasteiger partial charge in [-0.2, -0.15) is 15.7 Å². The van der Waals surface area contributed by atoms with Crippen LogP contribution in [0.1, 0.15) is 35.8 Å². The van der Waals surface area contributed by atoms with Gasteiger partial charge in [0.15, 0.2) is 0 Å². The van der Waals surface area contributed by atoms with Crippen molar-refractivity contribution in [2.75, 3.05) is 36.6 Å². The Labute approximate surface area is 204 Å². The molecule has 1 fully saturated rings. The molecule has 0 spiro atoms. The quantitative estimate of drug-likeness (QED) is 0.486. The van der Waals surface area contributed by atoms with E-state index in [1.807, 2.05) is 30.7 Å². The lowest BCUT2D eigenvalue weighted by molar-refractivity contribution is 0.0600. The highest BCUT2D eigenvalue weighted by Crippen LogP contribution is 2.40. The van der Waals surface area contributed by atoms with Gasteiger partial charge in [-0.25, -0.2) is 14.0 Å². The minimum absolute atomic E-state index is 0.0788. The second kappa shape index (κ2) is 9.84. The Morgan fingerprint density at radius 2 is 1.89 bits per heavy atom. The fourth-order valence-electron chi connectivity index (χ4n) is 4.05. The van der Waals surface area contributed by atoms with Gasteiger partial charge in [0, 0.05) is 35.8 Å². The number of rotatable bonds is 5. The van der Waals surface area contributed by atoms with E-state index in [1.165, 1.54) is 24.1 Å². The Bertz CT molecular complexity index is 1250. The maximum atomic E-state index is 15.0. The van der Waals surface area contributed by atoms with Crippen molar-refractivity contribution < 1.29 is 27.8 Å². The summed E-state index contributed by atoms with van der Waals surface area (Å²) in [6.45, 7) is 4.31. The molecule has 0 atom stereocenters. The number of ether oxygens (including phenoxy) is 1. The monoisotopic (exact) mass is 504 g/mol. The molecule has 2 N–H and O–H groups in total. The molecule has 35 heavy (non-hydrogen) atoms. The van der Waals surface area contributed by atoms with Crippen LogP contribution >= 0.6 is 10.6 Å². The van der Waals surface area contributed by atoms with E-state index in [1.54, 1.807) is 17.2 Å². The number of benzene rings is 2. The zero-order valence-corrected chi connectivity index (χ0v) is 20.7. The average molecular weight is 505 g/mol. The number of methoxy groups -OCH3 is 1. The molecule has 0 radical (unpaired) electrons. The molecule has 1 saturated heterocycles. The molecule has 0 bridgehead atoms. The third-order valence-electron chi connectivity index (χ3n) is 6.06. The molecule has 1 aromatic heterocycles. The highest BCUT2D eigenvalue weighted by Gasteiger charge is 2.30. The summed E-state index contributed by atoms with van der Waals surface area (Å²) < 4.78 is 41.4. The molecule has 2 amide bonds. The predicted octanol–water partition coefficient (Wildman–Crippen LogP) is 4.74. The zero-order chi connectivity index (χ0) is 25.3. The van der Waals surface area contributed by atoms with Crippen LogP contribution < -0.4 is 4.90 Å². The normalized spacial score (nSPS) is 16.4. The van der Waals surface area contributed by atoms with Crippen LogP contribution in [-0.4, -0.2) is 67.5 Å². The van der Waals surface area contributed by atoms with Crippen LogP contribution in [0.15, 0.2) is 42.6 Å². The van der Waals surface area contributed by atoms with E-state index < -0.39 is 22.4 Å². The number of nitrogens with zero attached hydrogens (tertiary/aromatic N) is 4. The molecule has 188 valence electrons. The minimum atomic E-state index is -2.68. The summed E-state index contributed by atoms with van der Waals surface area (Å²) in [5, 5.41) is 5.34. The molecular formula is C24H29FN4O5S. The summed E-state index contributed by atoms with van der Waals surface area (Å²) in [6, 6.07) is 9.24. The summed E-state index contributed by atoms with van der Waals surface area (Å²) in [6.07, 6.45) is 1.76. The molecule has 2 aromatic carbocycles. The lowest BCUT2D eigenvalue weighted by Crippen LogP contribution is -2.48. The number of halogens is 1. The maximum Gasteiger partial charge on any atom is 0.337 e. The molecule has 0 aliphatic carbocycles. The number of aromatic nitrogens is 2. The summed E-state index contributed by atoms with van der Waals surface area (Å²) >= 11 is 0. The molecule has 4 rings (SSSR count). The van der Waals surface area contributed by atoms with Gasteiger partial charge in [-0.3, -0.25) is 18.7 Å². The SMILES string of the molecule is COC(=O)c1ccc(CN(C(=O)N2CCS(O)(O)CC2)c2ccc3cnn(C(C)C)c3c2)c(F)c1. The van der Waals surface area contributed by atoms with E-state index in [0.717, 1.165) is 17.0 Å². The van der Waals surface area contributed by atoms with E-state index in [0.29, 0.717) is 5.69 Å². The summed E-state index contributed by atoms with van der Waals surface area (Å²) in [4.78, 5) is 28.4. The lowest BCUT2D eigenvalue weighted by atomic mass is 10.1. The van der Waals surface area contributed by atoms with E-state index in [-0.39, 0.29) is 54.3 Å². The molecular weight excluding hydrogens is 475 g/mol. The average Bonchev–Trinajstić information content (AvgIpc) is 3.26. The predicted molar refractivity (Wildman–Crippen MR) is 134 cm³/mol. The Kier molecular flexibility index (Phi) is 7.02. The van der Waals surface area contributed by atoms with Gasteiger partial charge in [-0.05, 0) is 44.2 Å². The molecule has 0 unspecified atom stereocenters. The first kappa shape index (κ1) is 25.0. The van der Waals surface area contributed by atoms with E-state index in [2.05, 4.69) is 9.84 Å². The molecule has 11 heteroatoms. The molecule has 9 nitrogen and oxygen atoms in total. The number of fused-ring (bicyclic) bond motifs is 1. The topological polar surface area (TPSA) is 108 Å². The molecule has 1 aliphatic rings. The Hall–Kier alpha value is -3.15. The van der Waals surface area contributed by atoms with Gasteiger partial charge in [0.25, 0.3) is 0 Å². The van der Waals surface area contributed by atoms with E-state index >= 15 is 0 Å². The van der Waals surface area contributed by atoms with Crippen LogP contribution in [0.2, 0.25) is 0 Å². The number of esters is 1. The van der Waals surface area contributed by atoms with Gasteiger partial charge < -0.3 is 9.64 Å². The summed E-state index contributed by atoms with van der Waals surface area (Å²) in [7, 11) is -1.46. The Morgan fingerprint density at radius 3 is 2.51 bits per heavy atom. The molecule has 2 heterocycles. The molecule has 1 aliphatic heterocycles. The highest BCUT2D eigenvalue weighted by molar-refractivity contribution is 8.24. The van der Waals surface area contributed by atoms with Gasteiger partial charge in [-0.15, -0.1) is 0 Å². The number of carbonyl (C=O) groups excluding carboxylic acids is 2. The molecule has 3 aromatic rings. The van der Waals surface area contributed by atoms with E-state index in [9.17, 15) is 23.1 Å². The lowest BCUT2D eigenvalue weighted by Gasteiger charge is -2.42. The van der Waals surface area contributed by atoms with Crippen LogP contribution in [-0.2, 0) is 11.3 Å². The number of hydrogen-bond donors (Lipinski definition) is 2. The first-order valence-corrected chi connectivity index (χ1v) is 13.1. The van der Waals surface area contributed by atoms with Gasteiger partial charge in [-0.1, -0.05) is 6.07 Å². The first-order valence-electron chi connectivity index (χ1n) is 11.2. The standard InChI is InChI=1S/C24H29FN4O5S/c1-16(2)29-22-13-20(7-6-18(22)14-26-29)28(24(31)27-8-10-35(32,33)11-9-27)15-19-5-4-17(12-21(19)25)23(30)34-3/h4-7,12-14,16,32-33H,8-11,15H2,1-3H3. The summed E-state index contributed by atoms with van der Waals surface area (Å²) in [5.41, 5.74) is 1.70. The molecule has 0 saturated carbocycles. The van der Waals surface area contributed by atoms with Crippen LogP contribution in [0.3, 0.4) is 0 Å². The number of amides is 2. The van der Waals surface area contributed by atoms with Crippen molar-refractivity contribution >= 4 is 39.2 Å². The maximum absolute atomic E-state index is 15.0. The van der Waals surface area contributed by atoms with Gasteiger partial charge in [0.1, 0.15) is 5.82 Å². The smallest absolute Gasteiger partial charge is 0.337 e. The van der Waals surface area contributed by atoms with Crippen molar-refractivity contribution in [3.8, 4) is 0 Å².